The summed E-state index contributed by atoms with van der Waals surface area (Å²) < 4.78 is 5.10. The van der Waals surface area contributed by atoms with Gasteiger partial charge in [0.15, 0.2) is 0 Å². The molecule has 4 heteroatoms. The second-order valence-electron chi connectivity index (χ2n) is 2.40. The molecule has 0 aliphatic carbocycles. The lowest BCUT2D eigenvalue weighted by Crippen LogP contribution is -1.85. The van der Waals surface area contributed by atoms with Crippen LogP contribution < -0.4 is 4.74 Å². The van der Waals surface area contributed by atoms with Crippen LogP contribution in [0.15, 0.2) is 18.2 Å². The lowest BCUT2D eigenvalue weighted by atomic mass is 10.2. The van der Waals surface area contributed by atoms with E-state index in [4.69, 9.17) is 16.3 Å². The topological polar surface area (TPSA) is 9.23 Å². The molecule has 0 radical (unpaired) electrons. The van der Waals surface area contributed by atoms with Gasteiger partial charge in [0.2, 0.25) is 0 Å². The maximum Gasteiger partial charge on any atom is 0.119 e. The number of halogens is 1. The zero-order valence-electron chi connectivity index (χ0n) is 6.88. The first-order valence-electron chi connectivity index (χ1n) is 3.63. The molecule has 0 aliphatic rings. The molecule has 0 aliphatic heterocycles. The average Bonchev–Trinajstić information content (AvgIpc) is 2.09. The fraction of sp³-hybridized carbons (Fsp3) is 0.250. The van der Waals surface area contributed by atoms with E-state index >= 15 is 0 Å². The SMILES string of the molecule is COc1ccc(Cl)c(C[PH2+]P)c1. The first kappa shape index (κ1) is 10.3. The third-order valence-corrected chi connectivity index (χ3v) is 3.34. The van der Waals surface area contributed by atoms with E-state index in [9.17, 15) is 0 Å². The normalized spacial score (nSPS) is 10.9. The van der Waals surface area contributed by atoms with Crippen LogP contribution in [-0.2, 0) is 6.16 Å². The zero-order chi connectivity index (χ0) is 8.97. The van der Waals surface area contributed by atoms with Gasteiger partial charge in [-0.3, -0.25) is 0 Å². The molecular weight excluding hydrogens is 209 g/mol. The van der Waals surface area contributed by atoms with E-state index in [1.165, 1.54) is 5.56 Å². The van der Waals surface area contributed by atoms with E-state index in [0.29, 0.717) is 8.27 Å². The van der Waals surface area contributed by atoms with E-state index in [-0.39, 0.29) is 0 Å². The Hall–Kier alpha value is 0.170. The molecule has 0 N–H and O–H groups in total. The Balaban J connectivity index is 2.91. The summed E-state index contributed by atoms with van der Waals surface area (Å²) in [4.78, 5) is 0. The zero-order valence-corrected chi connectivity index (χ0v) is 9.95. The molecule has 0 saturated carbocycles. The molecule has 66 valence electrons. The molecule has 12 heavy (non-hydrogen) atoms. The number of benzene rings is 1. The second-order valence-corrected chi connectivity index (χ2v) is 5.10. The lowest BCUT2D eigenvalue weighted by molar-refractivity contribution is 0.414. The van der Waals surface area contributed by atoms with Crippen molar-refractivity contribution in [2.45, 2.75) is 6.16 Å². The monoisotopic (exact) mass is 221 g/mol. The van der Waals surface area contributed by atoms with Gasteiger partial charge in [0.05, 0.1) is 13.3 Å². The molecule has 0 saturated heterocycles. The Bertz CT molecular complexity index is 265. The number of rotatable bonds is 3. The van der Waals surface area contributed by atoms with Gasteiger partial charge in [-0.1, -0.05) is 11.6 Å². The van der Waals surface area contributed by atoms with Crippen LogP contribution in [0.5, 0.6) is 5.75 Å². The van der Waals surface area contributed by atoms with Gasteiger partial charge in [-0.2, -0.15) is 0 Å². The maximum absolute atomic E-state index is 5.98. The van der Waals surface area contributed by atoms with Gasteiger partial charge in [0, 0.05) is 27.8 Å². The number of methoxy groups -OCH3 is 1. The van der Waals surface area contributed by atoms with E-state index in [1.807, 2.05) is 18.2 Å². The quantitative estimate of drug-likeness (QED) is 0.713. The van der Waals surface area contributed by atoms with Crippen molar-refractivity contribution >= 4 is 28.8 Å². The Morgan fingerprint density at radius 3 is 2.92 bits per heavy atom. The predicted molar refractivity (Wildman–Crippen MR) is 61.1 cm³/mol. The van der Waals surface area contributed by atoms with Crippen molar-refractivity contribution in [3.05, 3.63) is 28.8 Å². The van der Waals surface area contributed by atoms with Crippen molar-refractivity contribution in [1.29, 1.82) is 0 Å². The van der Waals surface area contributed by atoms with Crippen LogP contribution in [0.2, 0.25) is 5.02 Å². The molecule has 0 spiro atoms. The highest BCUT2D eigenvalue weighted by atomic mass is 35.5. The van der Waals surface area contributed by atoms with Gasteiger partial charge >= 0.3 is 0 Å². The molecule has 1 nitrogen and oxygen atoms in total. The molecule has 2 atom stereocenters. The van der Waals surface area contributed by atoms with Crippen LogP contribution in [0, 0.1) is 0 Å². The van der Waals surface area contributed by atoms with E-state index in [0.717, 1.165) is 16.9 Å². The molecule has 0 fully saturated rings. The standard InChI is InChI=1S/C8H11ClOP2/c1-10-7-2-3-8(9)6(4-7)5-12-11/h2-4,12H,5,11H2,1H3/p+1. The highest BCUT2D eigenvalue weighted by molar-refractivity contribution is 8.02. The third-order valence-electron chi connectivity index (χ3n) is 1.59. The van der Waals surface area contributed by atoms with Gasteiger partial charge in [-0.15, -0.1) is 0 Å². The van der Waals surface area contributed by atoms with Crippen molar-refractivity contribution in [2.24, 2.45) is 0 Å². The Morgan fingerprint density at radius 2 is 2.33 bits per heavy atom. The minimum atomic E-state index is 0.377. The van der Waals surface area contributed by atoms with Crippen molar-refractivity contribution in [3.63, 3.8) is 0 Å². The Kier molecular flexibility index (Phi) is 4.29. The minimum Gasteiger partial charge on any atom is -0.497 e. The molecule has 0 bridgehead atoms. The van der Waals surface area contributed by atoms with Gasteiger partial charge in [0.25, 0.3) is 0 Å². The molecule has 0 aromatic heterocycles. The van der Waals surface area contributed by atoms with Crippen LogP contribution in [0.3, 0.4) is 0 Å². The van der Waals surface area contributed by atoms with E-state index < -0.39 is 0 Å². The molecule has 2 unspecified atom stereocenters. The fourth-order valence-electron chi connectivity index (χ4n) is 0.961. The number of hydrogen-bond donors (Lipinski definition) is 0. The van der Waals surface area contributed by atoms with Gasteiger partial charge in [-0.25, -0.2) is 0 Å². The summed E-state index contributed by atoms with van der Waals surface area (Å²) >= 11 is 5.98. The number of hydrogen-bond acceptors (Lipinski definition) is 1. The fourth-order valence-corrected chi connectivity index (χ4v) is 2.64. The molecular formula is C8H12ClOP2+. The second kappa shape index (κ2) is 5.02. The van der Waals surface area contributed by atoms with Crippen molar-refractivity contribution < 1.29 is 4.74 Å². The van der Waals surface area contributed by atoms with Gasteiger partial charge < -0.3 is 4.74 Å². The Morgan fingerprint density at radius 1 is 1.58 bits per heavy atom. The third kappa shape index (κ3) is 2.59. The van der Waals surface area contributed by atoms with E-state index in [1.54, 1.807) is 7.11 Å². The average molecular weight is 222 g/mol. The largest absolute Gasteiger partial charge is 0.497 e. The molecule has 0 heterocycles. The predicted octanol–water partition coefficient (Wildman–Crippen LogP) is 3.05. The van der Waals surface area contributed by atoms with Crippen LogP contribution in [0.25, 0.3) is 0 Å². The smallest absolute Gasteiger partial charge is 0.119 e. The van der Waals surface area contributed by atoms with Gasteiger partial charge in [0.1, 0.15) is 5.75 Å². The highest BCUT2D eigenvalue weighted by Crippen LogP contribution is 2.31. The summed E-state index contributed by atoms with van der Waals surface area (Å²) in [5.41, 5.74) is 1.18. The van der Waals surface area contributed by atoms with E-state index in [2.05, 4.69) is 8.93 Å². The van der Waals surface area contributed by atoms with Crippen LogP contribution in [-0.4, -0.2) is 7.11 Å². The summed E-state index contributed by atoms with van der Waals surface area (Å²) in [7, 11) is 4.81. The minimum absolute atomic E-state index is 0.377. The molecule has 1 aromatic carbocycles. The Labute approximate surface area is 81.7 Å². The highest BCUT2D eigenvalue weighted by Gasteiger charge is 2.03. The lowest BCUT2D eigenvalue weighted by Gasteiger charge is -2.03. The maximum atomic E-state index is 5.98. The number of ether oxygens (including phenoxy) is 1. The first-order valence-corrected chi connectivity index (χ1v) is 7.50. The summed E-state index contributed by atoms with van der Waals surface area (Å²) in [5.74, 6) is 0.882. The van der Waals surface area contributed by atoms with Crippen molar-refractivity contribution in [2.75, 3.05) is 7.11 Å². The van der Waals surface area contributed by atoms with Crippen molar-refractivity contribution in [1.82, 2.24) is 0 Å². The molecule has 1 aromatic rings. The molecule has 0 amide bonds. The van der Waals surface area contributed by atoms with Crippen LogP contribution in [0.1, 0.15) is 5.56 Å². The first-order chi connectivity index (χ1) is 5.77. The van der Waals surface area contributed by atoms with Crippen LogP contribution in [0.4, 0.5) is 0 Å². The van der Waals surface area contributed by atoms with Gasteiger partial charge in [-0.05, 0) is 18.2 Å². The summed E-state index contributed by atoms with van der Waals surface area (Å²) in [6.45, 7) is 0. The van der Waals surface area contributed by atoms with Crippen molar-refractivity contribution in [3.8, 4) is 5.75 Å². The summed E-state index contributed by atoms with van der Waals surface area (Å²) in [6, 6.07) is 5.76. The van der Waals surface area contributed by atoms with Crippen LogP contribution >= 0.6 is 28.8 Å². The summed E-state index contributed by atoms with van der Waals surface area (Å²) in [5, 5.41) is 0.839. The summed E-state index contributed by atoms with van der Waals surface area (Å²) in [6.07, 6.45) is 1.06. The molecule has 1 rings (SSSR count).